The summed E-state index contributed by atoms with van der Waals surface area (Å²) < 4.78 is 0. The van der Waals surface area contributed by atoms with E-state index in [1.54, 1.807) is 6.08 Å². The molecule has 3 N–H and O–H groups in total. The second-order valence-electron chi connectivity index (χ2n) is 2.98. The highest BCUT2D eigenvalue weighted by Gasteiger charge is 1.98. The number of hydrogen-bond acceptors (Lipinski definition) is 3. The largest absolute Gasteiger partial charge is 0.396 e. The standard InChI is InChI=1S/C11H14N2O2/c1-2-9-4-3-5-10(8-9)12-13-11(15)6-7-14/h2-5,8,12,14H,1,6-7H2,(H,13,15). The van der Waals surface area contributed by atoms with E-state index in [-0.39, 0.29) is 18.9 Å². The van der Waals surface area contributed by atoms with Gasteiger partial charge in [-0.25, -0.2) is 0 Å². The van der Waals surface area contributed by atoms with Crippen molar-refractivity contribution in [3.8, 4) is 0 Å². The smallest absolute Gasteiger partial charge is 0.240 e. The molecule has 0 saturated heterocycles. The van der Waals surface area contributed by atoms with Crippen LogP contribution in [0, 0.1) is 0 Å². The molecule has 0 aliphatic carbocycles. The van der Waals surface area contributed by atoms with E-state index < -0.39 is 0 Å². The molecule has 1 aromatic rings. The topological polar surface area (TPSA) is 61.4 Å². The van der Waals surface area contributed by atoms with Crippen molar-refractivity contribution in [2.45, 2.75) is 6.42 Å². The molecule has 15 heavy (non-hydrogen) atoms. The van der Waals surface area contributed by atoms with E-state index in [9.17, 15) is 4.79 Å². The number of anilines is 1. The van der Waals surface area contributed by atoms with Gasteiger partial charge in [0, 0.05) is 0 Å². The van der Waals surface area contributed by atoms with Crippen molar-refractivity contribution < 1.29 is 9.90 Å². The van der Waals surface area contributed by atoms with Gasteiger partial charge in [0.05, 0.1) is 18.7 Å². The second-order valence-corrected chi connectivity index (χ2v) is 2.98. The minimum absolute atomic E-state index is 0.0914. The molecular formula is C11H14N2O2. The fourth-order valence-corrected chi connectivity index (χ4v) is 1.05. The van der Waals surface area contributed by atoms with Crippen LogP contribution in [-0.2, 0) is 4.79 Å². The number of rotatable bonds is 5. The van der Waals surface area contributed by atoms with Gasteiger partial charge >= 0.3 is 0 Å². The van der Waals surface area contributed by atoms with Gasteiger partial charge in [0.25, 0.3) is 0 Å². The Bertz CT molecular complexity index is 350. The zero-order valence-corrected chi connectivity index (χ0v) is 8.36. The monoisotopic (exact) mass is 206 g/mol. The quantitative estimate of drug-likeness (QED) is 0.633. The maximum atomic E-state index is 11.0. The molecule has 0 atom stereocenters. The molecule has 0 saturated carbocycles. The van der Waals surface area contributed by atoms with Gasteiger partial charge in [-0.3, -0.25) is 15.6 Å². The van der Waals surface area contributed by atoms with Gasteiger partial charge in [0.1, 0.15) is 0 Å². The van der Waals surface area contributed by atoms with Crippen LogP contribution in [0.5, 0.6) is 0 Å². The summed E-state index contributed by atoms with van der Waals surface area (Å²) in [6.45, 7) is 3.50. The first-order valence-corrected chi connectivity index (χ1v) is 4.64. The molecule has 0 aliphatic heterocycles. The third-order valence-corrected chi connectivity index (χ3v) is 1.81. The molecule has 1 amide bonds. The Labute approximate surface area is 88.6 Å². The zero-order chi connectivity index (χ0) is 11.1. The number of hydrazine groups is 1. The molecule has 0 heterocycles. The van der Waals surface area contributed by atoms with Crippen molar-refractivity contribution in [1.29, 1.82) is 0 Å². The van der Waals surface area contributed by atoms with Crippen LogP contribution >= 0.6 is 0 Å². The number of amides is 1. The van der Waals surface area contributed by atoms with Crippen LogP contribution in [-0.4, -0.2) is 17.6 Å². The Morgan fingerprint density at radius 3 is 3.00 bits per heavy atom. The minimum Gasteiger partial charge on any atom is -0.396 e. The van der Waals surface area contributed by atoms with Crippen LogP contribution in [0.2, 0.25) is 0 Å². The van der Waals surface area contributed by atoms with Crippen molar-refractivity contribution in [3.63, 3.8) is 0 Å². The minimum atomic E-state index is -0.249. The molecule has 80 valence electrons. The lowest BCUT2D eigenvalue weighted by Crippen LogP contribution is -2.29. The SMILES string of the molecule is C=Cc1cccc(NNC(=O)CCO)c1. The van der Waals surface area contributed by atoms with Crippen molar-refractivity contribution in [2.75, 3.05) is 12.0 Å². The Kier molecular flexibility index (Phi) is 4.37. The lowest BCUT2D eigenvalue weighted by atomic mass is 10.2. The van der Waals surface area contributed by atoms with Crippen molar-refractivity contribution in [2.24, 2.45) is 0 Å². The van der Waals surface area contributed by atoms with Crippen LogP contribution in [0.15, 0.2) is 30.8 Å². The van der Waals surface area contributed by atoms with Gasteiger partial charge in [-0.1, -0.05) is 24.8 Å². The number of aliphatic hydroxyl groups is 1. The number of aliphatic hydroxyl groups excluding tert-OH is 1. The predicted molar refractivity (Wildman–Crippen MR) is 60.0 cm³/mol. The first-order chi connectivity index (χ1) is 7.26. The van der Waals surface area contributed by atoms with Crippen LogP contribution < -0.4 is 10.9 Å². The summed E-state index contributed by atoms with van der Waals surface area (Å²) in [5, 5.41) is 8.51. The molecule has 0 fully saturated rings. The molecule has 4 heteroatoms. The number of hydrogen-bond donors (Lipinski definition) is 3. The Hall–Kier alpha value is -1.81. The Morgan fingerprint density at radius 1 is 1.53 bits per heavy atom. The van der Waals surface area contributed by atoms with Crippen LogP contribution in [0.4, 0.5) is 5.69 Å². The van der Waals surface area contributed by atoms with Crippen molar-refractivity contribution in [3.05, 3.63) is 36.4 Å². The fraction of sp³-hybridized carbons (Fsp3) is 0.182. The number of carbonyl (C=O) groups is 1. The summed E-state index contributed by atoms with van der Waals surface area (Å²) >= 11 is 0. The van der Waals surface area contributed by atoms with Crippen LogP contribution in [0.25, 0.3) is 6.08 Å². The number of nitrogens with one attached hydrogen (secondary N) is 2. The van der Waals surface area contributed by atoms with E-state index in [1.807, 2.05) is 24.3 Å². The molecule has 0 aromatic heterocycles. The summed E-state index contributed by atoms with van der Waals surface area (Å²) in [5.41, 5.74) is 6.96. The van der Waals surface area contributed by atoms with Crippen LogP contribution in [0.1, 0.15) is 12.0 Å². The number of benzene rings is 1. The lowest BCUT2D eigenvalue weighted by molar-refractivity contribution is -0.121. The molecule has 0 radical (unpaired) electrons. The summed E-state index contributed by atoms with van der Waals surface area (Å²) in [5.74, 6) is -0.249. The molecule has 0 aliphatic rings. The molecule has 0 unspecified atom stereocenters. The van der Waals surface area contributed by atoms with Crippen molar-refractivity contribution in [1.82, 2.24) is 5.43 Å². The normalized spacial score (nSPS) is 9.40. The maximum absolute atomic E-state index is 11.0. The predicted octanol–water partition coefficient (Wildman–Crippen LogP) is 1.16. The molecular weight excluding hydrogens is 192 g/mol. The van der Waals surface area contributed by atoms with E-state index in [1.165, 1.54) is 0 Å². The average Bonchev–Trinajstić information content (AvgIpc) is 2.27. The molecule has 1 rings (SSSR count). The molecule has 0 spiro atoms. The van der Waals surface area contributed by atoms with E-state index in [0.717, 1.165) is 11.3 Å². The lowest BCUT2D eigenvalue weighted by Gasteiger charge is -2.08. The van der Waals surface area contributed by atoms with E-state index >= 15 is 0 Å². The molecule has 4 nitrogen and oxygen atoms in total. The maximum Gasteiger partial charge on any atom is 0.240 e. The van der Waals surface area contributed by atoms with Gasteiger partial charge in [-0.05, 0) is 17.7 Å². The van der Waals surface area contributed by atoms with Gasteiger partial charge in [0.2, 0.25) is 5.91 Å². The molecule has 0 bridgehead atoms. The zero-order valence-electron chi connectivity index (χ0n) is 8.36. The Balaban J connectivity index is 2.50. The third-order valence-electron chi connectivity index (χ3n) is 1.81. The molecule has 1 aromatic carbocycles. The fourth-order valence-electron chi connectivity index (χ4n) is 1.05. The second kappa shape index (κ2) is 5.82. The average molecular weight is 206 g/mol. The van der Waals surface area contributed by atoms with E-state index in [2.05, 4.69) is 17.4 Å². The van der Waals surface area contributed by atoms with Crippen molar-refractivity contribution >= 4 is 17.7 Å². The summed E-state index contributed by atoms with van der Waals surface area (Å²) in [6, 6.07) is 7.45. The van der Waals surface area contributed by atoms with Gasteiger partial charge in [-0.2, -0.15) is 0 Å². The highest BCUT2D eigenvalue weighted by molar-refractivity contribution is 5.77. The highest BCUT2D eigenvalue weighted by Crippen LogP contribution is 2.09. The number of carbonyl (C=O) groups excluding carboxylic acids is 1. The summed E-state index contributed by atoms with van der Waals surface area (Å²) in [6.07, 6.45) is 1.81. The highest BCUT2D eigenvalue weighted by atomic mass is 16.3. The van der Waals surface area contributed by atoms with Gasteiger partial charge in [-0.15, -0.1) is 0 Å². The first kappa shape index (κ1) is 11.3. The Morgan fingerprint density at radius 2 is 2.33 bits per heavy atom. The summed E-state index contributed by atoms with van der Waals surface area (Å²) in [4.78, 5) is 11.0. The van der Waals surface area contributed by atoms with Crippen LogP contribution in [0.3, 0.4) is 0 Å². The van der Waals surface area contributed by atoms with E-state index in [4.69, 9.17) is 5.11 Å². The third kappa shape index (κ3) is 3.83. The van der Waals surface area contributed by atoms with Gasteiger partial charge in [0.15, 0.2) is 0 Å². The summed E-state index contributed by atoms with van der Waals surface area (Å²) in [7, 11) is 0. The first-order valence-electron chi connectivity index (χ1n) is 4.64. The van der Waals surface area contributed by atoms with Gasteiger partial charge < -0.3 is 5.11 Å². The van der Waals surface area contributed by atoms with E-state index in [0.29, 0.717) is 0 Å².